The molecule has 1 aliphatic carbocycles. The van der Waals surface area contributed by atoms with E-state index < -0.39 is 12.1 Å². The van der Waals surface area contributed by atoms with E-state index in [9.17, 15) is 14.7 Å². The Morgan fingerprint density at radius 1 is 1.35 bits per heavy atom. The average molecular weight is 243 g/mol. The quantitative estimate of drug-likeness (QED) is 0.703. The summed E-state index contributed by atoms with van der Waals surface area (Å²) in [6.45, 7) is 2.12. The predicted octanol–water partition coefficient (Wildman–Crippen LogP) is 0.463. The number of hydrogen-bond acceptors (Lipinski definition) is 4. The monoisotopic (exact) mass is 243 g/mol. The van der Waals surface area contributed by atoms with Gasteiger partial charge in [0.05, 0.1) is 13.7 Å². The fraction of sp³-hybridized carbons (Fsp3) is 0.833. The Morgan fingerprint density at radius 3 is 2.47 bits per heavy atom. The molecule has 1 fully saturated rings. The van der Waals surface area contributed by atoms with E-state index in [1.54, 1.807) is 0 Å². The van der Waals surface area contributed by atoms with Gasteiger partial charge < -0.3 is 15.2 Å². The first-order chi connectivity index (χ1) is 8.04. The molecule has 1 amide bonds. The van der Waals surface area contributed by atoms with Crippen LogP contribution in [-0.2, 0) is 14.3 Å². The molecule has 1 atom stereocenters. The van der Waals surface area contributed by atoms with Crippen LogP contribution in [0.4, 0.5) is 0 Å². The van der Waals surface area contributed by atoms with Crippen molar-refractivity contribution in [2.24, 2.45) is 11.8 Å². The molecule has 0 saturated heterocycles. The fourth-order valence-corrected chi connectivity index (χ4v) is 2.08. The summed E-state index contributed by atoms with van der Waals surface area (Å²) >= 11 is 0. The Hall–Kier alpha value is -1.10. The van der Waals surface area contributed by atoms with Crippen LogP contribution in [0.1, 0.15) is 32.6 Å². The first-order valence-corrected chi connectivity index (χ1v) is 6.08. The van der Waals surface area contributed by atoms with E-state index in [4.69, 9.17) is 0 Å². The summed E-state index contributed by atoms with van der Waals surface area (Å²) < 4.78 is 4.36. The van der Waals surface area contributed by atoms with Crippen LogP contribution in [0.2, 0.25) is 0 Å². The Labute approximate surface area is 102 Å². The molecule has 0 bridgehead atoms. The summed E-state index contributed by atoms with van der Waals surface area (Å²) in [7, 11) is 1.20. The van der Waals surface area contributed by atoms with Crippen molar-refractivity contribution < 1.29 is 19.4 Å². The maximum absolute atomic E-state index is 11.7. The number of carbonyl (C=O) groups is 2. The zero-order chi connectivity index (χ0) is 12.8. The molecule has 0 radical (unpaired) electrons. The van der Waals surface area contributed by atoms with Gasteiger partial charge in [-0.1, -0.05) is 6.92 Å². The van der Waals surface area contributed by atoms with Crippen LogP contribution >= 0.6 is 0 Å². The third-order valence-corrected chi connectivity index (χ3v) is 3.33. The number of esters is 1. The van der Waals surface area contributed by atoms with Gasteiger partial charge >= 0.3 is 5.97 Å². The molecular weight excluding hydrogens is 222 g/mol. The van der Waals surface area contributed by atoms with Gasteiger partial charge in [0.15, 0.2) is 6.10 Å². The predicted molar refractivity (Wildman–Crippen MR) is 62.2 cm³/mol. The Morgan fingerprint density at radius 2 is 1.94 bits per heavy atom. The summed E-state index contributed by atoms with van der Waals surface area (Å²) in [4.78, 5) is 22.7. The van der Waals surface area contributed by atoms with Gasteiger partial charge in [0.25, 0.3) is 0 Å². The van der Waals surface area contributed by atoms with Crippen LogP contribution < -0.4 is 5.32 Å². The highest BCUT2D eigenvalue weighted by Gasteiger charge is 2.25. The van der Waals surface area contributed by atoms with Crippen molar-refractivity contribution in [2.45, 2.75) is 38.7 Å². The second-order valence-corrected chi connectivity index (χ2v) is 4.74. The number of ether oxygens (including phenoxy) is 1. The smallest absolute Gasteiger partial charge is 0.336 e. The molecule has 0 aliphatic heterocycles. The van der Waals surface area contributed by atoms with Crippen LogP contribution in [0, 0.1) is 11.8 Å². The zero-order valence-electron chi connectivity index (χ0n) is 10.4. The van der Waals surface area contributed by atoms with E-state index in [1.807, 2.05) is 0 Å². The first-order valence-electron chi connectivity index (χ1n) is 6.08. The summed E-state index contributed by atoms with van der Waals surface area (Å²) in [6.07, 6.45) is 2.64. The molecule has 0 spiro atoms. The van der Waals surface area contributed by atoms with Crippen molar-refractivity contribution in [2.75, 3.05) is 13.7 Å². The SMILES string of the molecule is COC(=O)C(O)CNC(=O)C1CCC(C)CC1. The fourth-order valence-electron chi connectivity index (χ4n) is 2.08. The Bertz CT molecular complexity index is 272. The third-order valence-electron chi connectivity index (χ3n) is 3.33. The minimum absolute atomic E-state index is 0.0241. The molecule has 1 saturated carbocycles. The van der Waals surface area contributed by atoms with Gasteiger partial charge in [-0.25, -0.2) is 4.79 Å². The number of aliphatic hydroxyl groups excluding tert-OH is 1. The number of methoxy groups -OCH3 is 1. The Balaban J connectivity index is 2.27. The number of aliphatic hydroxyl groups is 1. The summed E-state index contributed by atoms with van der Waals surface area (Å²) in [5.41, 5.74) is 0. The van der Waals surface area contributed by atoms with Gasteiger partial charge in [0.2, 0.25) is 5.91 Å². The topological polar surface area (TPSA) is 75.6 Å². The van der Waals surface area contributed by atoms with Gasteiger partial charge in [0.1, 0.15) is 0 Å². The number of carbonyl (C=O) groups excluding carboxylic acids is 2. The van der Waals surface area contributed by atoms with Gasteiger partial charge in [0, 0.05) is 5.92 Å². The number of nitrogens with one attached hydrogen (secondary N) is 1. The van der Waals surface area contributed by atoms with Crippen LogP contribution in [0.5, 0.6) is 0 Å². The van der Waals surface area contributed by atoms with E-state index in [2.05, 4.69) is 17.0 Å². The summed E-state index contributed by atoms with van der Waals surface area (Å²) in [5, 5.41) is 11.9. The first kappa shape index (κ1) is 14.0. The summed E-state index contributed by atoms with van der Waals surface area (Å²) in [5.74, 6) is -0.0711. The second-order valence-electron chi connectivity index (χ2n) is 4.74. The highest BCUT2D eigenvalue weighted by atomic mass is 16.5. The zero-order valence-corrected chi connectivity index (χ0v) is 10.4. The number of hydrogen-bond donors (Lipinski definition) is 2. The average Bonchev–Trinajstić information content (AvgIpc) is 2.35. The van der Waals surface area contributed by atoms with Crippen LogP contribution in [0.3, 0.4) is 0 Å². The van der Waals surface area contributed by atoms with Crippen molar-refractivity contribution in [3.63, 3.8) is 0 Å². The highest BCUT2D eigenvalue weighted by Crippen LogP contribution is 2.28. The van der Waals surface area contributed by atoms with Gasteiger partial charge in [-0.2, -0.15) is 0 Å². The minimum Gasteiger partial charge on any atom is -0.467 e. The molecule has 2 N–H and O–H groups in total. The van der Waals surface area contributed by atoms with Gasteiger partial charge in [-0.05, 0) is 31.6 Å². The van der Waals surface area contributed by atoms with Crippen molar-refractivity contribution in [1.29, 1.82) is 0 Å². The van der Waals surface area contributed by atoms with Crippen molar-refractivity contribution in [1.82, 2.24) is 5.32 Å². The number of amides is 1. The third kappa shape index (κ3) is 4.34. The normalized spacial score (nSPS) is 26.1. The summed E-state index contributed by atoms with van der Waals surface area (Å²) in [6, 6.07) is 0. The van der Waals surface area contributed by atoms with Crippen LogP contribution in [-0.4, -0.2) is 36.7 Å². The molecule has 98 valence electrons. The maximum atomic E-state index is 11.7. The van der Waals surface area contributed by atoms with E-state index in [0.29, 0.717) is 5.92 Å². The lowest BCUT2D eigenvalue weighted by molar-refractivity contribution is -0.150. The highest BCUT2D eigenvalue weighted by molar-refractivity contribution is 5.80. The second kappa shape index (κ2) is 6.59. The Kier molecular flexibility index (Phi) is 5.41. The number of rotatable bonds is 4. The molecule has 0 aromatic carbocycles. The van der Waals surface area contributed by atoms with E-state index in [-0.39, 0.29) is 18.4 Å². The molecule has 5 nitrogen and oxygen atoms in total. The van der Waals surface area contributed by atoms with Crippen molar-refractivity contribution in [3.8, 4) is 0 Å². The van der Waals surface area contributed by atoms with Crippen LogP contribution in [0.25, 0.3) is 0 Å². The largest absolute Gasteiger partial charge is 0.467 e. The lowest BCUT2D eigenvalue weighted by Crippen LogP contribution is -2.40. The molecule has 17 heavy (non-hydrogen) atoms. The van der Waals surface area contributed by atoms with Crippen molar-refractivity contribution in [3.05, 3.63) is 0 Å². The van der Waals surface area contributed by atoms with Gasteiger partial charge in [-0.3, -0.25) is 4.79 Å². The van der Waals surface area contributed by atoms with Crippen molar-refractivity contribution >= 4 is 11.9 Å². The van der Waals surface area contributed by atoms with E-state index in [0.717, 1.165) is 25.7 Å². The molecule has 0 heterocycles. The van der Waals surface area contributed by atoms with Gasteiger partial charge in [-0.15, -0.1) is 0 Å². The van der Waals surface area contributed by atoms with Crippen LogP contribution in [0.15, 0.2) is 0 Å². The lowest BCUT2D eigenvalue weighted by Gasteiger charge is -2.25. The molecular formula is C12H21NO4. The molecule has 1 unspecified atom stereocenters. The maximum Gasteiger partial charge on any atom is 0.336 e. The standard InChI is InChI=1S/C12H21NO4/c1-8-3-5-9(6-4-8)11(15)13-7-10(14)12(16)17-2/h8-10,14H,3-7H2,1-2H3,(H,13,15). The lowest BCUT2D eigenvalue weighted by atomic mass is 9.82. The molecule has 1 rings (SSSR count). The molecule has 1 aliphatic rings. The molecule has 5 heteroatoms. The van der Waals surface area contributed by atoms with E-state index in [1.165, 1.54) is 7.11 Å². The molecule has 0 aromatic rings. The minimum atomic E-state index is -1.27. The molecule has 0 aromatic heterocycles. The van der Waals surface area contributed by atoms with E-state index >= 15 is 0 Å².